The number of nitrogens with two attached hydrogens (primary N) is 2. The largest absolute Gasteiger partial charge is 0.383 e. The molecular formula is C37H42N6O2S2. The number of thiol groups is 2. The number of hydrogen-bond donors (Lipinski definition) is 8. The molecule has 5 aromatic rings. The zero-order valence-electron chi connectivity index (χ0n) is 26.1. The van der Waals surface area contributed by atoms with Gasteiger partial charge in [0.25, 0.3) is 11.8 Å². The van der Waals surface area contributed by atoms with Gasteiger partial charge in [0.1, 0.15) is 0 Å². The molecule has 2 unspecified atom stereocenters. The lowest BCUT2D eigenvalue weighted by atomic mass is 10.0. The fourth-order valence-electron chi connectivity index (χ4n) is 4.62. The van der Waals surface area contributed by atoms with Crippen molar-refractivity contribution in [3.63, 3.8) is 0 Å². The number of amides is 2. The third kappa shape index (κ3) is 11.4. The molecule has 0 heterocycles. The Hall–Kier alpha value is -4.48. The summed E-state index contributed by atoms with van der Waals surface area (Å²) in [6.45, 7) is 1.72. The maximum atomic E-state index is 12.5. The molecular weight excluding hydrogens is 625 g/mol. The van der Waals surface area contributed by atoms with Crippen molar-refractivity contribution in [2.75, 3.05) is 40.5 Å². The van der Waals surface area contributed by atoms with E-state index in [-0.39, 0.29) is 23.9 Å². The van der Waals surface area contributed by atoms with Crippen molar-refractivity contribution < 1.29 is 9.59 Å². The van der Waals surface area contributed by atoms with Gasteiger partial charge in [0, 0.05) is 71.4 Å². The predicted molar refractivity (Wildman–Crippen MR) is 203 cm³/mol. The van der Waals surface area contributed by atoms with Gasteiger partial charge in [-0.2, -0.15) is 25.3 Å². The van der Waals surface area contributed by atoms with Gasteiger partial charge in [-0.1, -0.05) is 72.8 Å². The summed E-state index contributed by atoms with van der Waals surface area (Å²) >= 11 is 8.32. The maximum Gasteiger partial charge on any atom is 0.255 e. The number of benzene rings is 5. The van der Waals surface area contributed by atoms with E-state index in [2.05, 4.69) is 64.7 Å². The van der Waals surface area contributed by atoms with Crippen molar-refractivity contribution in [2.45, 2.75) is 18.6 Å². The molecule has 5 rings (SSSR count). The minimum absolute atomic E-state index is 0.0184. The van der Waals surface area contributed by atoms with Crippen LogP contribution in [-0.4, -0.2) is 48.5 Å². The number of nitrogens with one attached hydrogen (secondary N) is 4. The summed E-state index contributed by atoms with van der Waals surface area (Å²) in [6.07, 6.45) is 0. The molecule has 0 saturated carbocycles. The first kappa shape index (κ1) is 35.4. The van der Waals surface area contributed by atoms with E-state index in [0.29, 0.717) is 42.3 Å². The van der Waals surface area contributed by atoms with Crippen LogP contribution in [0.5, 0.6) is 0 Å². The number of para-hydroxylation sites is 1. The second-order valence-corrected chi connectivity index (χ2v) is 11.7. The molecule has 244 valence electrons. The number of hydrogen-bond acceptors (Lipinski definition) is 8. The first-order valence-corrected chi connectivity index (χ1v) is 16.6. The second kappa shape index (κ2) is 18.6. The minimum Gasteiger partial charge on any atom is -0.383 e. The highest BCUT2D eigenvalue weighted by Crippen LogP contribution is 2.19. The molecule has 0 aliphatic heterocycles. The SMILES string of the molecule is NC(CS)CNc1cccc(C(=O)NCc2cccc3ccccc23)c1.NC(CS)CNc1cccc(C(=O)Nc2ccccc2)c1. The zero-order valence-corrected chi connectivity index (χ0v) is 27.9. The van der Waals surface area contributed by atoms with Crippen molar-refractivity contribution in [1.82, 2.24) is 5.32 Å². The summed E-state index contributed by atoms with van der Waals surface area (Å²) in [4.78, 5) is 24.7. The van der Waals surface area contributed by atoms with Gasteiger partial charge in [0.2, 0.25) is 0 Å². The van der Waals surface area contributed by atoms with Gasteiger partial charge in [-0.15, -0.1) is 0 Å². The van der Waals surface area contributed by atoms with Crippen molar-refractivity contribution >= 4 is 64.9 Å². The molecule has 8 nitrogen and oxygen atoms in total. The smallest absolute Gasteiger partial charge is 0.255 e. The van der Waals surface area contributed by atoms with Crippen LogP contribution in [-0.2, 0) is 6.54 Å². The fraction of sp³-hybridized carbons (Fsp3) is 0.189. The standard InChI is InChI=1S/C21H23N3OS.C16H19N3OS/c22-18(14-26)13-23-19-9-4-7-16(11-19)21(25)24-12-17-8-3-6-15-5-1-2-10-20(15)17;17-13(11-21)10-18-15-8-4-5-12(9-15)16(20)19-14-6-2-1-3-7-14/h1-11,18,23,26H,12-14,22H2,(H,24,25);1-9,13,18,21H,10-11,17H2,(H,19,20). The minimum atomic E-state index is -0.136. The van der Waals surface area contributed by atoms with Crippen molar-refractivity contribution in [2.24, 2.45) is 11.5 Å². The molecule has 2 atom stereocenters. The molecule has 0 spiro atoms. The Morgan fingerprint density at radius 1 is 0.596 bits per heavy atom. The van der Waals surface area contributed by atoms with Crippen LogP contribution in [0.3, 0.4) is 0 Å². The average Bonchev–Trinajstić information content (AvgIpc) is 3.12. The van der Waals surface area contributed by atoms with Gasteiger partial charge in [0.15, 0.2) is 0 Å². The molecule has 0 aliphatic carbocycles. The predicted octanol–water partition coefficient (Wildman–Crippen LogP) is 6.05. The average molecular weight is 667 g/mol. The van der Waals surface area contributed by atoms with Crippen LogP contribution >= 0.6 is 25.3 Å². The zero-order chi connectivity index (χ0) is 33.4. The van der Waals surface area contributed by atoms with E-state index >= 15 is 0 Å². The molecule has 0 saturated heterocycles. The highest BCUT2D eigenvalue weighted by Gasteiger charge is 2.09. The van der Waals surface area contributed by atoms with Gasteiger partial charge in [-0.3, -0.25) is 9.59 Å². The number of carbonyl (C=O) groups is 2. The highest BCUT2D eigenvalue weighted by molar-refractivity contribution is 7.80. The van der Waals surface area contributed by atoms with E-state index in [9.17, 15) is 9.59 Å². The Morgan fingerprint density at radius 3 is 1.72 bits per heavy atom. The first-order valence-electron chi connectivity index (χ1n) is 15.4. The van der Waals surface area contributed by atoms with Gasteiger partial charge in [0.05, 0.1) is 0 Å². The molecule has 0 aliphatic rings. The van der Waals surface area contributed by atoms with Gasteiger partial charge >= 0.3 is 0 Å². The maximum absolute atomic E-state index is 12.5. The molecule has 0 bridgehead atoms. The Labute approximate surface area is 287 Å². The van der Waals surface area contributed by atoms with Crippen LogP contribution < -0.4 is 32.7 Å². The molecule has 0 radical (unpaired) electrons. The monoisotopic (exact) mass is 666 g/mol. The Morgan fingerprint density at radius 2 is 1.11 bits per heavy atom. The van der Waals surface area contributed by atoms with Gasteiger partial charge < -0.3 is 32.7 Å². The van der Waals surface area contributed by atoms with Crippen LogP contribution in [0.1, 0.15) is 26.3 Å². The van der Waals surface area contributed by atoms with Crippen LogP contribution in [0.15, 0.2) is 121 Å². The molecule has 10 heteroatoms. The molecule has 0 fully saturated rings. The van der Waals surface area contributed by atoms with Crippen LogP contribution in [0, 0.1) is 0 Å². The van der Waals surface area contributed by atoms with Crippen molar-refractivity contribution in [3.05, 3.63) is 138 Å². The molecule has 47 heavy (non-hydrogen) atoms. The quantitative estimate of drug-likeness (QED) is 0.0722. The van der Waals surface area contributed by atoms with Crippen LogP contribution in [0.2, 0.25) is 0 Å². The summed E-state index contributed by atoms with van der Waals surface area (Å²) in [5, 5.41) is 14.6. The van der Waals surface area contributed by atoms with E-state index < -0.39 is 0 Å². The summed E-state index contributed by atoms with van der Waals surface area (Å²) in [5.74, 6) is 0.989. The summed E-state index contributed by atoms with van der Waals surface area (Å²) in [6, 6.07) is 38.4. The first-order chi connectivity index (χ1) is 22.9. The van der Waals surface area contributed by atoms with Crippen LogP contribution in [0.25, 0.3) is 10.8 Å². The fourth-order valence-corrected chi connectivity index (χ4v) is 4.87. The number of carbonyl (C=O) groups excluding carboxylic acids is 2. The molecule has 2 amide bonds. The third-order valence-electron chi connectivity index (χ3n) is 7.21. The van der Waals surface area contributed by atoms with E-state index in [1.807, 2.05) is 97.1 Å². The normalized spacial score (nSPS) is 11.8. The van der Waals surface area contributed by atoms with E-state index in [0.717, 1.165) is 28.0 Å². The lowest BCUT2D eigenvalue weighted by Gasteiger charge is -2.12. The molecule has 0 aromatic heterocycles. The Balaban J connectivity index is 0.000000218. The topological polar surface area (TPSA) is 134 Å². The number of rotatable bonds is 13. The number of fused-ring (bicyclic) bond motifs is 1. The Bertz CT molecular complexity index is 1730. The summed E-state index contributed by atoms with van der Waals surface area (Å²) < 4.78 is 0. The van der Waals surface area contributed by atoms with E-state index in [4.69, 9.17) is 11.5 Å². The second-order valence-electron chi connectivity index (χ2n) is 10.9. The van der Waals surface area contributed by atoms with Crippen molar-refractivity contribution in [3.8, 4) is 0 Å². The Kier molecular flexibility index (Phi) is 14.0. The summed E-state index contributed by atoms with van der Waals surface area (Å²) in [5.41, 5.74) is 16.5. The number of anilines is 3. The highest BCUT2D eigenvalue weighted by atomic mass is 32.1. The molecule has 5 aromatic carbocycles. The van der Waals surface area contributed by atoms with Gasteiger partial charge in [-0.25, -0.2) is 0 Å². The molecule has 8 N–H and O–H groups in total. The van der Waals surface area contributed by atoms with E-state index in [1.54, 1.807) is 6.07 Å². The summed E-state index contributed by atoms with van der Waals surface area (Å²) in [7, 11) is 0. The third-order valence-corrected chi connectivity index (χ3v) is 8.14. The lowest BCUT2D eigenvalue weighted by Crippen LogP contribution is -2.30. The van der Waals surface area contributed by atoms with Crippen molar-refractivity contribution in [1.29, 1.82) is 0 Å². The van der Waals surface area contributed by atoms with Gasteiger partial charge in [-0.05, 0) is 64.9 Å². The van der Waals surface area contributed by atoms with Crippen LogP contribution in [0.4, 0.5) is 17.1 Å². The van der Waals surface area contributed by atoms with E-state index in [1.165, 1.54) is 5.39 Å². The lowest BCUT2D eigenvalue weighted by molar-refractivity contribution is 0.0950.